The first-order valence-electron chi connectivity index (χ1n) is 6.56. The molecular weight excluding hydrogens is 289 g/mol. The molecule has 1 aromatic heterocycles. The van der Waals surface area contributed by atoms with Crippen molar-refractivity contribution < 1.29 is 19.6 Å². The number of ether oxygens (including phenoxy) is 1. The van der Waals surface area contributed by atoms with E-state index in [0.717, 1.165) is 10.1 Å². The molecule has 0 radical (unpaired) electrons. The van der Waals surface area contributed by atoms with Gasteiger partial charge in [-0.25, -0.2) is 4.79 Å². The van der Waals surface area contributed by atoms with Gasteiger partial charge >= 0.3 is 13.1 Å². The van der Waals surface area contributed by atoms with Gasteiger partial charge in [0.2, 0.25) is 0 Å². The van der Waals surface area contributed by atoms with Crippen LogP contribution >= 0.6 is 11.3 Å². The number of nitrogens with one attached hydrogen (secondary N) is 1. The van der Waals surface area contributed by atoms with Crippen molar-refractivity contribution in [3.05, 3.63) is 23.8 Å². The highest BCUT2D eigenvalue weighted by atomic mass is 32.1. The maximum absolute atomic E-state index is 12.1. The number of esters is 1. The number of fused-ring (bicyclic) bond motifs is 1. The Labute approximate surface area is 127 Å². The van der Waals surface area contributed by atoms with Crippen LogP contribution in [0.4, 0.5) is 5.69 Å². The van der Waals surface area contributed by atoms with Crippen molar-refractivity contribution in [2.45, 2.75) is 26.4 Å². The van der Waals surface area contributed by atoms with Crippen molar-refractivity contribution in [3.63, 3.8) is 0 Å². The summed E-state index contributed by atoms with van der Waals surface area (Å²) in [6.07, 6.45) is 0. The van der Waals surface area contributed by atoms with E-state index in [1.54, 1.807) is 25.2 Å². The van der Waals surface area contributed by atoms with Crippen LogP contribution in [0.5, 0.6) is 0 Å². The minimum absolute atomic E-state index is 0.399. The number of thiophene rings is 1. The minimum atomic E-state index is -1.55. The molecule has 0 saturated carbocycles. The van der Waals surface area contributed by atoms with Crippen LogP contribution in [0.15, 0.2) is 18.2 Å². The molecule has 0 aliphatic heterocycles. The molecule has 0 aliphatic rings. The highest BCUT2D eigenvalue weighted by Gasteiger charge is 2.23. The molecule has 0 atom stereocenters. The SMILES string of the molecule is CNc1c(B(O)O)sc2ccc(C(=O)OC(C)(C)C)cc12. The third-order valence-electron chi connectivity index (χ3n) is 2.83. The second-order valence-corrected chi connectivity index (χ2v) is 6.76. The summed E-state index contributed by atoms with van der Waals surface area (Å²) < 4.78 is 6.64. The van der Waals surface area contributed by atoms with Crippen molar-refractivity contribution >= 4 is 45.0 Å². The quantitative estimate of drug-likeness (QED) is 0.593. The Balaban J connectivity index is 2.48. The number of hydrogen-bond acceptors (Lipinski definition) is 6. The van der Waals surface area contributed by atoms with Gasteiger partial charge in [0, 0.05) is 17.1 Å². The Hall–Kier alpha value is -1.57. The fourth-order valence-corrected chi connectivity index (χ4v) is 3.08. The average Bonchev–Trinajstić information content (AvgIpc) is 2.74. The highest BCUT2D eigenvalue weighted by molar-refractivity contribution is 7.29. The largest absolute Gasteiger partial charge is 0.501 e. The third-order valence-corrected chi connectivity index (χ3v) is 4.05. The van der Waals surface area contributed by atoms with Crippen LogP contribution < -0.4 is 10.1 Å². The van der Waals surface area contributed by atoms with E-state index in [2.05, 4.69) is 5.32 Å². The molecule has 112 valence electrons. The molecule has 0 fully saturated rings. The zero-order chi connectivity index (χ0) is 15.8. The molecule has 5 nitrogen and oxygen atoms in total. The topological polar surface area (TPSA) is 78.8 Å². The van der Waals surface area contributed by atoms with Gasteiger partial charge in [-0.3, -0.25) is 0 Å². The fraction of sp³-hybridized carbons (Fsp3) is 0.357. The third kappa shape index (κ3) is 3.37. The monoisotopic (exact) mass is 307 g/mol. The normalized spacial score (nSPS) is 11.5. The van der Waals surface area contributed by atoms with Gasteiger partial charge in [-0.2, -0.15) is 0 Å². The molecule has 0 saturated heterocycles. The Morgan fingerprint density at radius 3 is 2.52 bits per heavy atom. The summed E-state index contributed by atoms with van der Waals surface area (Å²) >= 11 is 1.28. The molecule has 1 aromatic carbocycles. The zero-order valence-electron chi connectivity index (χ0n) is 12.4. The molecule has 3 N–H and O–H groups in total. The molecule has 0 unspecified atom stereocenters. The first-order chi connectivity index (χ1) is 9.73. The lowest BCUT2D eigenvalue weighted by Gasteiger charge is -2.19. The first-order valence-corrected chi connectivity index (χ1v) is 7.38. The van der Waals surface area contributed by atoms with Crippen molar-refractivity contribution in [2.75, 3.05) is 12.4 Å². The summed E-state index contributed by atoms with van der Waals surface area (Å²) in [7, 11) is 0.155. The van der Waals surface area contributed by atoms with Crippen LogP contribution in [0.2, 0.25) is 0 Å². The molecule has 1 heterocycles. The van der Waals surface area contributed by atoms with Gasteiger partial charge in [0.1, 0.15) is 5.60 Å². The second kappa shape index (κ2) is 5.67. The highest BCUT2D eigenvalue weighted by Crippen LogP contribution is 2.29. The standard InChI is InChI=1S/C14H18BNO4S/c1-14(2,3)20-13(17)8-5-6-10-9(7-8)11(16-4)12(21-10)15(18)19/h5-7,16,18-19H,1-4H3. The number of anilines is 1. The van der Waals surface area contributed by atoms with E-state index in [0.29, 0.717) is 16.0 Å². The summed E-state index contributed by atoms with van der Waals surface area (Å²) in [5.41, 5.74) is 0.500. The number of hydrogen-bond donors (Lipinski definition) is 3. The van der Waals surface area contributed by atoms with Gasteiger partial charge in [-0.05, 0) is 39.0 Å². The lowest BCUT2D eigenvalue weighted by atomic mass is 9.87. The molecule has 21 heavy (non-hydrogen) atoms. The van der Waals surface area contributed by atoms with Gasteiger partial charge in [-0.15, -0.1) is 11.3 Å². The van der Waals surface area contributed by atoms with Crippen LogP contribution in [-0.4, -0.2) is 35.8 Å². The van der Waals surface area contributed by atoms with E-state index in [-0.39, 0.29) is 0 Å². The first kappa shape index (κ1) is 15.8. The van der Waals surface area contributed by atoms with Gasteiger partial charge < -0.3 is 20.1 Å². The summed E-state index contributed by atoms with van der Waals surface area (Å²) in [6, 6.07) is 5.17. The van der Waals surface area contributed by atoms with E-state index >= 15 is 0 Å². The predicted octanol–water partition coefficient (Wildman–Crippen LogP) is 1.58. The van der Waals surface area contributed by atoms with Crippen molar-refractivity contribution in [2.24, 2.45) is 0 Å². The van der Waals surface area contributed by atoms with Gasteiger partial charge in [0.25, 0.3) is 0 Å². The Kier molecular flexibility index (Phi) is 4.27. The Bertz CT molecular complexity index is 675. The average molecular weight is 307 g/mol. The minimum Gasteiger partial charge on any atom is -0.456 e. The lowest BCUT2D eigenvalue weighted by molar-refractivity contribution is 0.00697. The van der Waals surface area contributed by atoms with E-state index in [4.69, 9.17) is 4.74 Å². The smallest absolute Gasteiger partial charge is 0.456 e. The zero-order valence-corrected chi connectivity index (χ0v) is 13.2. The van der Waals surface area contributed by atoms with E-state index < -0.39 is 18.7 Å². The van der Waals surface area contributed by atoms with Gasteiger partial charge in [-0.1, -0.05) is 0 Å². The number of carbonyl (C=O) groups is 1. The molecule has 2 rings (SSSR count). The number of rotatable bonds is 3. The summed E-state index contributed by atoms with van der Waals surface area (Å²) in [5, 5.41) is 22.5. The fourth-order valence-electron chi connectivity index (χ4n) is 2.02. The maximum Gasteiger partial charge on any atom is 0.501 e. The van der Waals surface area contributed by atoms with Crippen LogP contribution in [0, 0.1) is 0 Å². The van der Waals surface area contributed by atoms with Crippen molar-refractivity contribution in [3.8, 4) is 0 Å². The van der Waals surface area contributed by atoms with E-state index in [1.165, 1.54) is 11.3 Å². The van der Waals surface area contributed by atoms with Crippen molar-refractivity contribution in [1.29, 1.82) is 0 Å². The van der Waals surface area contributed by atoms with Crippen molar-refractivity contribution in [1.82, 2.24) is 0 Å². The predicted molar refractivity (Wildman–Crippen MR) is 86.4 cm³/mol. The van der Waals surface area contributed by atoms with Crippen LogP contribution in [0.25, 0.3) is 10.1 Å². The second-order valence-electron chi connectivity index (χ2n) is 5.68. The molecule has 2 aromatic rings. The van der Waals surface area contributed by atoms with E-state index in [1.807, 2.05) is 20.8 Å². The Morgan fingerprint density at radius 1 is 1.33 bits per heavy atom. The lowest BCUT2D eigenvalue weighted by Crippen LogP contribution is -2.28. The van der Waals surface area contributed by atoms with Gasteiger partial charge in [0.15, 0.2) is 0 Å². The molecule has 0 aliphatic carbocycles. The molecule has 7 heteroatoms. The maximum atomic E-state index is 12.1. The summed E-state index contributed by atoms with van der Waals surface area (Å²) in [6.45, 7) is 5.44. The molecule has 0 spiro atoms. The Morgan fingerprint density at radius 2 is 2.00 bits per heavy atom. The summed E-state index contributed by atoms with van der Waals surface area (Å²) in [4.78, 5) is 12.1. The van der Waals surface area contributed by atoms with Gasteiger partial charge in [0.05, 0.1) is 16.0 Å². The van der Waals surface area contributed by atoms with Crippen LogP contribution in [0.1, 0.15) is 31.1 Å². The van der Waals surface area contributed by atoms with E-state index in [9.17, 15) is 14.8 Å². The number of carbonyl (C=O) groups excluding carboxylic acids is 1. The molecule has 0 bridgehead atoms. The summed E-state index contributed by atoms with van der Waals surface area (Å²) in [5.74, 6) is -0.399. The molecular formula is C14H18BNO4S. The van der Waals surface area contributed by atoms with Crippen LogP contribution in [0.3, 0.4) is 0 Å². The number of benzene rings is 1. The molecule has 0 amide bonds. The van der Waals surface area contributed by atoms with Crippen LogP contribution in [-0.2, 0) is 4.74 Å².